The highest BCUT2D eigenvalue weighted by molar-refractivity contribution is 6.17. The number of pyridine rings is 1. The summed E-state index contributed by atoms with van der Waals surface area (Å²) in [4.78, 5) is 2.07. The van der Waals surface area contributed by atoms with E-state index in [0.29, 0.717) is 5.88 Å². The summed E-state index contributed by atoms with van der Waals surface area (Å²) in [6.45, 7) is 0.870. The maximum absolute atomic E-state index is 5.61. The highest BCUT2D eigenvalue weighted by Gasteiger charge is 1.99. The normalized spacial score (nSPS) is 9.15. The zero-order valence-electron chi connectivity index (χ0n) is 7.87. The third-order valence-electron chi connectivity index (χ3n) is 1.73. The zero-order valence-corrected chi connectivity index (χ0v) is 10.2. The number of alkyl halides is 1. The molecule has 1 rings (SSSR count). The van der Waals surface area contributed by atoms with Crippen molar-refractivity contribution in [1.82, 2.24) is 0 Å². The molecule has 74 valence electrons. The Morgan fingerprint density at radius 1 is 1.31 bits per heavy atom. The van der Waals surface area contributed by atoms with Crippen molar-refractivity contribution in [3.63, 3.8) is 0 Å². The number of aromatic nitrogens is 1. The highest BCUT2D eigenvalue weighted by atomic mass is 79.9. The first kappa shape index (κ1) is 12.7. The van der Waals surface area contributed by atoms with Crippen LogP contribution in [0.5, 0.6) is 0 Å². The second kappa shape index (κ2) is 6.22. The van der Waals surface area contributed by atoms with Crippen LogP contribution in [0.1, 0.15) is 0 Å². The predicted octanol–water partition coefficient (Wildman–Crippen LogP) is -1.72. The van der Waals surface area contributed by atoms with Crippen molar-refractivity contribution in [2.24, 2.45) is 0 Å². The summed E-state index contributed by atoms with van der Waals surface area (Å²) in [5.41, 5.74) is 1.21. The zero-order chi connectivity index (χ0) is 8.97. The Bertz CT molecular complexity index is 236. The van der Waals surface area contributed by atoms with Crippen molar-refractivity contribution in [2.75, 3.05) is 24.9 Å². The lowest BCUT2D eigenvalue weighted by Gasteiger charge is -2.10. The fourth-order valence-corrected chi connectivity index (χ4v) is 1.19. The van der Waals surface area contributed by atoms with Crippen LogP contribution in [0.25, 0.3) is 0 Å². The molecule has 2 nitrogen and oxygen atoms in total. The molecule has 0 N–H and O–H groups in total. The van der Waals surface area contributed by atoms with Gasteiger partial charge in [-0.2, -0.15) is 0 Å². The number of rotatable bonds is 3. The molecule has 0 aromatic carbocycles. The average Bonchev–Trinajstić information content (AvgIpc) is 2.06. The second-order valence-corrected chi connectivity index (χ2v) is 3.26. The van der Waals surface area contributed by atoms with Crippen molar-refractivity contribution in [1.29, 1.82) is 0 Å². The Hall–Kier alpha value is -0.280. The van der Waals surface area contributed by atoms with Crippen LogP contribution < -0.4 is 26.4 Å². The third-order valence-corrected chi connectivity index (χ3v) is 1.90. The van der Waals surface area contributed by atoms with Crippen molar-refractivity contribution in [3.05, 3.63) is 24.5 Å². The summed E-state index contributed by atoms with van der Waals surface area (Å²) in [6.07, 6.45) is 4.08. The molecule has 0 saturated carbocycles. The van der Waals surface area contributed by atoms with Gasteiger partial charge >= 0.3 is 0 Å². The Labute approximate surface area is 94.9 Å². The van der Waals surface area contributed by atoms with Crippen LogP contribution >= 0.6 is 11.6 Å². The van der Waals surface area contributed by atoms with Gasteiger partial charge in [-0.25, -0.2) is 4.57 Å². The van der Waals surface area contributed by atoms with Crippen molar-refractivity contribution >= 4 is 17.3 Å². The summed E-state index contributed by atoms with van der Waals surface area (Å²) >= 11 is 5.61. The first-order valence-electron chi connectivity index (χ1n) is 3.96. The molecule has 0 radical (unpaired) electrons. The van der Waals surface area contributed by atoms with E-state index in [1.165, 1.54) is 5.69 Å². The Morgan fingerprint density at radius 3 is 2.23 bits per heavy atom. The van der Waals surface area contributed by atoms with Crippen LogP contribution in [0, 0.1) is 0 Å². The van der Waals surface area contributed by atoms with Crippen molar-refractivity contribution < 1.29 is 21.5 Å². The molecule has 0 fully saturated rings. The van der Waals surface area contributed by atoms with Gasteiger partial charge in [-0.15, -0.1) is 11.6 Å². The van der Waals surface area contributed by atoms with E-state index in [1.807, 2.05) is 26.5 Å². The molecule has 0 bridgehead atoms. The molecule has 1 heterocycles. The van der Waals surface area contributed by atoms with Gasteiger partial charge in [0.1, 0.15) is 0 Å². The molecular formula is C9H14BrClN2. The van der Waals surface area contributed by atoms with E-state index in [-0.39, 0.29) is 17.0 Å². The van der Waals surface area contributed by atoms with Crippen LogP contribution in [0.2, 0.25) is 0 Å². The Balaban J connectivity index is 0.00000144. The molecular weight excluding hydrogens is 251 g/mol. The molecule has 0 aliphatic carbocycles. The minimum Gasteiger partial charge on any atom is -1.00 e. The van der Waals surface area contributed by atoms with Crippen LogP contribution in [0.15, 0.2) is 24.5 Å². The molecule has 0 aliphatic heterocycles. The number of anilines is 1. The molecule has 0 saturated heterocycles. The second-order valence-electron chi connectivity index (χ2n) is 2.88. The Kier molecular flexibility index (Phi) is 6.08. The third kappa shape index (κ3) is 3.96. The van der Waals surface area contributed by atoms with Crippen molar-refractivity contribution in [3.8, 4) is 0 Å². The summed E-state index contributed by atoms with van der Waals surface area (Å²) in [5.74, 6) is 0.659. The first-order valence-corrected chi connectivity index (χ1v) is 4.50. The molecule has 1 aromatic heterocycles. The van der Waals surface area contributed by atoms with Crippen molar-refractivity contribution in [2.45, 2.75) is 6.54 Å². The van der Waals surface area contributed by atoms with Gasteiger partial charge in [-0.1, -0.05) is 0 Å². The molecule has 0 atom stereocenters. The topological polar surface area (TPSA) is 7.12 Å². The van der Waals surface area contributed by atoms with E-state index in [2.05, 4.69) is 21.6 Å². The standard InChI is InChI=1S/C9H14ClN2.BrH/c1-11(2)9-3-6-12(7-4-9)8-5-10;/h3-4,6-7H,5,8H2,1-2H3;1H/q+1;/p-1. The highest BCUT2D eigenvalue weighted by Crippen LogP contribution is 2.05. The monoisotopic (exact) mass is 264 g/mol. The minimum absolute atomic E-state index is 0. The molecule has 0 spiro atoms. The van der Waals surface area contributed by atoms with Crippen LogP contribution in [0.3, 0.4) is 0 Å². The van der Waals surface area contributed by atoms with E-state index in [1.54, 1.807) is 0 Å². The van der Waals surface area contributed by atoms with Crippen LogP contribution in [-0.2, 0) is 6.54 Å². The fourth-order valence-electron chi connectivity index (χ4n) is 0.994. The average molecular weight is 266 g/mol. The van der Waals surface area contributed by atoms with E-state index in [0.717, 1.165) is 6.54 Å². The van der Waals surface area contributed by atoms with Crippen LogP contribution in [-0.4, -0.2) is 20.0 Å². The molecule has 0 unspecified atom stereocenters. The molecule has 0 aliphatic rings. The minimum atomic E-state index is 0. The largest absolute Gasteiger partial charge is 1.00 e. The van der Waals surface area contributed by atoms with E-state index in [9.17, 15) is 0 Å². The predicted molar refractivity (Wildman–Crippen MR) is 51.7 cm³/mol. The maximum atomic E-state index is 5.61. The van der Waals surface area contributed by atoms with E-state index >= 15 is 0 Å². The lowest BCUT2D eigenvalue weighted by atomic mass is 10.4. The van der Waals surface area contributed by atoms with Gasteiger partial charge in [0.15, 0.2) is 18.9 Å². The fraction of sp³-hybridized carbons (Fsp3) is 0.444. The van der Waals surface area contributed by atoms with Gasteiger partial charge in [0.05, 0.1) is 5.88 Å². The quantitative estimate of drug-likeness (QED) is 0.466. The molecule has 0 amide bonds. The van der Waals surface area contributed by atoms with Gasteiger partial charge < -0.3 is 21.9 Å². The molecule has 13 heavy (non-hydrogen) atoms. The van der Waals surface area contributed by atoms with Gasteiger partial charge in [0.25, 0.3) is 0 Å². The summed E-state index contributed by atoms with van der Waals surface area (Å²) < 4.78 is 2.07. The summed E-state index contributed by atoms with van der Waals surface area (Å²) in [5, 5.41) is 0. The number of aryl methyl sites for hydroxylation is 1. The Morgan fingerprint density at radius 2 is 1.85 bits per heavy atom. The number of hydrogen-bond donors (Lipinski definition) is 0. The SMILES string of the molecule is CN(C)c1cc[n+](CCCl)cc1.[Br-]. The van der Waals surface area contributed by atoms with Gasteiger partial charge in [0.2, 0.25) is 0 Å². The lowest BCUT2D eigenvalue weighted by Crippen LogP contribution is -3.00. The van der Waals surface area contributed by atoms with Gasteiger partial charge in [0, 0.05) is 31.9 Å². The number of hydrogen-bond acceptors (Lipinski definition) is 1. The smallest absolute Gasteiger partial charge is 0.170 e. The lowest BCUT2D eigenvalue weighted by molar-refractivity contribution is -0.692. The summed E-state index contributed by atoms with van der Waals surface area (Å²) in [6, 6.07) is 4.15. The molecule has 4 heteroatoms. The first-order chi connectivity index (χ1) is 5.74. The van der Waals surface area contributed by atoms with E-state index < -0.39 is 0 Å². The summed E-state index contributed by atoms with van der Waals surface area (Å²) in [7, 11) is 4.06. The van der Waals surface area contributed by atoms with E-state index in [4.69, 9.17) is 11.6 Å². The number of nitrogens with zero attached hydrogens (tertiary/aromatic N) is 2. The molecule has 1 aromatic rings. The maximum Gasteiger partial charge on any atom is 0.170 e. The number of halogens is 2. The van der Waals surface area contributed by atoms with Gasteiger partial charge in [-0.3, -0.25) is 0 Å². The van der Waals surface area contributed by atoms with Crippen LogP contribution in [0.4, 0.5) is 5.69 Å². The van der Waals surface area contributed by atoms with Gasteiger partial charge in [-0.05, 0) is 0 Å².